The van der Waals surface area contributed by atoms with Gasteiger partial charge in [0.25, 0.3) is 11.0 Å². The maximum absolute atomic E-state index is 9.56. The molecule has 0 radical (unpaired) electrons. The molecule has 0 amide bonds. The summed E-state index contributed by atoms with van der Waals surface area (Å²) < 4.78 is 54.8. The van der Waals surface area contributed by atoms with Gasteiger partial charge in [0.05, 0.1) is 6.61 Å². The van der Waals surface area contributed by atoms with E-state index in [2.05, 4.69) is 4.18 Å². The molecule has 0 rings (SSSR count). The summed E-state index contributed by atoms with van der Waals surface area (Å²) in [5.74, 6) is 0. The van der Waals surface area contributed by atoms with Gasteiger partial charge in [-0.25, -0.2) is 12.6 Å². The molecule has 70 valence electrons. The molecule has 0 aromatic carbocycles. The van der Waals surface area contributed by atoms with Gasteiger partial charge >= 0.3 is 10.4 Å². The van der Waals surface area contributed by atoms with Crippen LogP contribution in [0.1, 0.15) is 6.92 Å². The van der Waals surface area contributed by atoms with Gasteiger partial charge in [-0.1, -0.05) is 0 Å². The molecule has 0 aromatic rings. The molecule has 0 bridgehead atoms. The Morgan fingerprint density at radius 2 is 1.73 bits per heavy atom. The van der Waals surface area contributed by atoms with Crippen LogP contribution in [0.25, 0.3) is 0 Å². The molecule has 0 heterocycles. The van der Waals surface area contributed by atoms with E-state index in [0.717, 1.165) is 0 Å². The van der Waals surface area contributed by atoms with Crippen molar-refractivity contribution >= 4 is 21.4 Å². The Kier molecular flexibility index (Phi) is 7.89. The minimum atomic E-state index is -4.17. The second-order valence-electron chi connectivity index (χ2n) is 1.07. The molecule has 0 aliphatic heterocycles. The molecule has 9 heteroatoms. The minimum Gasteiger partial charge on any atom is -0.288 e. The lowest BCUT2D eigenvalue weighted by molar-refractivity contribution is 0.283. The second kappa shape index (κ2) is 6.49. The average molecular weight is 208 g/mol. The lowest BCUT2D eigenvalue weighted by Crippen LogP contribution is -2.01. The Balaban J connectivity index is 0. The van der Waals surface area contributed by atoms with Gasteiger partial charge in [-0.15, -0.1) is 0 Å². The van der Waals surface area contributed by atoms with Crippen LogP contribution in [-0.2, 0) is 25.6 Å². The van der Waals surface area contributed by atoms with Crippen LogP contribution >= 0.6 is 0 Å². The van der Waals surface area contributed by atoms with Gasteiger partial charge in [-0.2, -0.15) is 8.42 Å². The van der Waals surface area contributed by atoms with Gasteiger partial charge in [0.2, 0.25) is 0 Å². The van der Waals surface area contributed by atoms with Crippen LogP contribution in [0.3, 0.4) is 0 Å². The third-order valence-corrected chi connectivity index (χ3v) is 0.800. The molecular formula is C2H8O7S2. The van der Waals surface area contributed by atoms with E-state index in [9.17, 15) is 8.42 Å². The average Bonchev–Trinajstić information content (AvgIpc) is 1.58. The number of rotatable bonds is 2. The van der Waals surface area contributed by atoms with Gasteiger partial charge in [-0.3, -0.25) is 9.11 Å². The van der Waals surface area contributed by atoms with Gasteiger partial charge in [0, 0.05) is 0 Å². The van der Waals surface area contributed by atoms with Crippen molar-refractivity contribution in [1.82, 2.24) is 0 Å². The van der Waals surface area contributed by atoms with Crippen LogP contribution in [0.4, 0.5) is 0 Å². The molecule has 0 atom stereocenters. The van der Waals surface area contributed by atoms with E-state index in [4.69, 9.17) is 17.5 Å². The Hall–Kier alpha value is -0.220. The molecule has 0 aliphatic carbocycles. The van der Waals surface area contributed by atoms with Crippen molar-refractivity contribution in [3.05, 3.63) is 0 Å². The highest BCUT2D eigenvalue weighted by molar-refractivity contribution is 7.80. The summed E-state index contributed by atoms with van der Waals surface area (Å²) in [4.78, 5) is 0. The Morgan fingerprint density at radius 3 is 1.73 bits per heavy atom. The topological polar surface area (TPSA) is 118 Å². The minimum absolute atomic E-state index is 0.0289. The van der Waals surface area contributed by atoms with E-state index in [-0.39, 0.29) is 6.61 Å². The van der Waals surface area contributed by atoms with Crippen molar-refractivity contribution in [3.8, 4) is 0 Å². The smallest absolute Gasteiger partial charge is 0.288 e. The highest BCUT2D eigenvalue weighted by Crippen LogP contribution is 1.81. The molecule has 0 aliphatic rings. The predicted octanol–water partition coefficient (Wildman–Crippen LogP) is -1.10. The zero-order valence-corrected chi connectivity index (χ0v) is 7.21. The fourth-order valence-electron chi connectivity index (χ4n) is 0.149. The fourth-order valence-corrected chi connectivity index (χ4v) is 0.447. The van der Waals surface area contributed by atoms with E-state index >= 15 is 0 Å². The quantitative estimate of drug-likeness (QED) is 0.389. The van der Waals surface area contributed by atoms with E-state index in [1.807, 2.05) is 0 Å². The summed E-state index contributed by atoms with van der Waals surface area (Å²) in [5, 5.41) is 0. The van der Waals surface area contributed by atoms with Crippen molar-refractivity contribution in [2.75, 3.05) is 6.61 Å². The van der Waals surface area contributed by atoms with E-state index in [1.54, 1.807) is 0 Å². The molecule has 0 spiro atoms. The van der Waals surface area contributed by atoms with Crippen LogP contribution in [0.15, 0.2) is 0 Å². The molecule has 7 nitrogen and oxygen atoms in total. The first-order valence-electron chi connectivity index (χ1n) is 2.24. The fraction of sp³-hybridized carbons (Fsp3) is 1.00. The zero-order valence-electron chi connectivity index (χ0n) is 5.50. The van der Waals surface area contributed by atoms with E-state index in [0.29, 0.717) is 0 Å². The molecule has 0 aromatic heterocycles. The van der Waals surface area contributed by atoms with Gasteiger partial charge in [-0.05, 0) is 6.92 Å². The maximum Gasteiger partial charge on any atom is 0.397 e. The first-order chi connectivity index (χ1) is 4.79. The van der Waals surface area contributed by atoms with E-state index < -0.39 is 21.4 Å². The highest BCUT2D eigenvalue weighted by atomic mass is 32.3. The van der Waals surface area contributed by atoms with Crippen molar-refractivity contribution in [3.63, 3.8) is 0 Å². The van der Waals surface area contributed by atoms with Gasteiger partial charge < -0.3 is 0 Å². The Bertz CT molecular complexity index is 227. The van der Waals surface area contributed by atoms with Crippen LogP contribution in [0.2, 0.25) is 0 Å². The van der Waals surface area contributed by atoms with Gasteiger partial charge in [0.1, 0.15) is 0 Å². The normalized spacial score (nSPS) is 10.5. The lowest BCUT2D eigenvalue weighted by atomic mass is 10.9. The zero-order chi connectivity index (χ0) is 9.49. The molecule has 0 unspecified atom stereocenters. The highest BCUT2D eigenvalue weighted by Gasteiger charge is 1.98. The third-order valence-electron chi connectivity index (χ3n) is 0.267. The van der Waals surface area contributed by atoms with Crippen LogP contribution in [0.5, 0.6) is 0 Å². The van der Waals surface area contributed by atoms with Crippen molar-refractivity contribution < 1.29 is 30.1 Å². The lowest BCUT2D eigenvalue weighted by Gasteiger charge is -1.88. The summed E-state index contributed by atoms with van der Waals surface area (Å²) in [5.41, 5.74) is 0. The standard InChI is InChI=1S/C2H6O4S.H2O3S/c1-2-6-7(3,4)5;1-4(2)3/h2H2,1H3,(H,3,4,5);4H,(H,1,2,3). The van der Waals surface area contributed by atoms with Crippen LogP contribution in [0, 0.1) is 0 Å². The first-order valence-corrected chi connectivity index (χ1v) is 4.74. The summed E-state index contributed by atoms with van der Waals surface area (Å²) in [6.07, 6.45) is 0. The van der Waals surface area contributed by atoms with E-state index in [1.165, 1.54) is 6.92 Å². The molecule has 0 saturated heterocycles. The number of hydrogen-bond acceptors (Lipinski definition) is 5. The summed E-state index contributed by atoms with van der Waals surface area (Å²) >= 11 is 0. The molecular weight excluding hydrogens is 200 g/mol. The predicted molar refractivity (Wildman–Crippen MR) is 36.1 cm³/mol. The Morgan fingerprint density at radius 1 is 1.45 bits per heavy atom. The van der Waals surface area contributed by atoms with Crippen molar-refractivity contribution in [1.29, 1.82) is 0 Å². The largest absolute Gasteiger partial charge is 0.397 e. The second-order valence-corrected chi connectivity index (χ2v) is 2.64. The van der Waals surface area contributed by atoms with Crippen LogP contribution in [-0.4, -0.2) is 32.5 Å². The maximum atomic E-state index is 9.56. The number of hydrogen-bond donors (Lipinski definition) is 3. The molecule has 11 heavy (non-hydrogen) atoms. The summed E-state index contributed by atoms with van der Waals surface area (Å²) in [6.45, 7) is 1.44. The number of thiol groups is 1. The summed E-state index contributed by atoms with van der Waals surface area (Å²) in [7, 11) is -7.29. The van der Waals surface area contributed by atoms with Crippen molar-refractivity contribution in [2.24, 2.45) is 0 Å². The monoisotopic (exact) mass is 208 g/mol. The Labute approximate surface area is 65.7 Å². The van der Waals surface area contributed by atoms with Gasteiger partial charge in [0.15, 0.2) is 0 Å². The SMILES string of the molecule is CCOS(=O)(=O)O.O=[SH](=O)O. The summed E-state index contributed by atoms with van der Waals surface area (Å²) in [6, 6.07) is 0. The van der Waals surface area contributed by atoms with Crippen molar-refractivity contribution in [2.45, 2.75) is 6.92 Å². The molecule has 0 fully saturated rings. The first kappa shape index (κ1) is 13.4. The van der Waals surface area contributed by atoms with Crippen LogP contribution < -0.4 is 0 Å². The molecule has 2 N–H and O–H groups in total. The molecule has 0 saturated carbocycles. The third kappa shape index (κ3) is 41.4.